The van der Waals surface area contributed by atoms with Gasteiger partial charge in [-0.3, -0.25) is 9.52 Å². The number of anilines is 2. The zero-order chi connectivity index (χ0) is 25.3. The molecule has 5 rings (SSSR count). The first-order valence-electron chi connectivity index (χ1n) is 12.1. The van der Waals surface area contributed by atoms with Crippen molar-refractivity contribution in [2.75, 3.05) is 36.5 Å². The van der Waals surface area contributed by atoms with E-state index in [4.69, 9.17) is 4.74 Å². The molecule has 0 bridgehead atoms. The van der Waals surface area contributed by atoms with Crippen LogP contribution in [0.5, 0.6) is 5.88 Å². The van der Waals surface area contributed by atoms with Crippen molar-refractivity contribution in [3.8, 4) is 17.0 Å². The van der Waals surface area contributed by atoms with E-state index < -0.39 is 10.0 Å². The van der Waals surface area contributed by atoms with Gasteiger partial charge >= 0.3 is 0 Å². The molecule has 1 aliphatic heterocycles. The molecule has 3 aromatic rings. The molecule has 190 valence electrons. The SMILES string of the molecule is COc1ncc(-c2ccc3ncnc(N[C@H]4CCN(C(=O)C5CCCC5)C4)c3c2)cc1NS(C)(=O)=O. The van der Waals surface area contributed by atoms with E-state index in [-0.39, 0.29) is 29.4 Å². The molecule has 2 fully saturated rings. The molecular weight excluding hydrogens is 480 g/mol. The number of benzene rings is 1. The standard InChI is InChI=1S/C25H30N6O4S/c1-35-24-22(30-36(2,33)34)12-18(13-26-24)17-7-8-21-20(11-17)23(28-15-27-21)29-19-9-10-31(14-19)25(32)16-5-3-4-6-16/h7-8,11-13,15-16,19,30H,3-6,9-10,14H2,1-2H3,(H,27,28,29)/t19-/m0/s1. The number of hydrogen-bond acceptors (Lipinski definition) is 8. The maximum atomic E-state index is 12.8. The van der Waals surface area contributed by atoms with Gasteiger partial charge in [0, 0.05) is 42.2 Å². The molecule has 2 aliphatic rings. The van der Waals surface area contributed by atoms with Gasteiger partial charge in [-0.15, -0.1) is 0 Å². The lowest BCUT2D eigenvalue weighted by Crippen LogP contribution is -2.35. The van der Waals surface area contributed by atoms with Crippen molar-refractivity contribution < 1.29 is 17.9 Å². The van der Waals surface area contributed by atoms with Crippen LogP contribution in [0.3, 0.4) is 0 Å². The maximum Gasteiger partial charge on any atom is 0.238 e. The number of ether oxygens (including phenoxy) is 1. The first-order chi connectivity index (χ1) is 17.3. The fourth-order valence-corrected chi connectivity index (χ4v) is 5.65. The van der Waals surface area contributed by atoms with Crippen molar-refractivity contribution in [2.24, 2.45) is 5.92 Å². The predicted molar refractivity (Wildman–Crippen MR) is 138 cm³/mol. The summed E-state index contributed by atoms with van der Waals surface area (Å²) < 4.78 is 31.3. The molecule has 1 saturated carbocycles. The fraction of sp³-hybridized carbons (Fsp3) is 0.440. The minimum atomic E-state index is -3.51. The van der Waals surface area contributed by atoms with Crippen LogP contribution in [0.2, 0.25) is 0 Å². The van der Waals surface area contributed by atoms with Gasteiger partial charge in [0.05, 0.1) is 18.9 Å². The highest BCUT2D eigenvalue weighted by atomic mass is 32.2. The maximum absolute atomic E-state index is 12.8. The van der Waals surface area contributed by atoms with Gasteiger partial charge in [0.15, 0.2) is 0 Å². The summed E-state index contributed by atoms with van der Waals surface area (Å²) >= 11 is 0. The Bertz CT molecular complexity index is 1390. The number of carbonyl (C=O) groups is 1. The van der Waals surface area contributed by atoms with Crippen molar-refractivity contribution in [3.63, 3.8) is 0 Å². The van der Waals surface area contributed by atoms with Crippen molar-refractivity contribution in [3.05, 3.63) is 36.8 Å². The highest BCUT2D eigenvalue weighted by molar-refractivity contribution is 7.92. The third-order valence-electron chi connectivity index (χ3n) is 6.85. The number of nitrogens with one attached hydrogen (secondary N) is 2. The quantitative estimate of drug-likeness (QED) is 0.496. The van der Waals surface area contributed by atoms with Gasteiger partial charge in [-0.1, -0.05) is 18.9 Å². The molecular formula is C25H30N6O4S. The van der Waals surface area contributed by atoms with Crippen molar-refractivity contribution in [1.82, 2.24) is 19.9 Å². The van der Waals surface area contributed by atoms with E-state index >= 15 is 0 Å². The van der Waals surface area contributed by atoms with Crippen LogP contribution in [-0.4, -0.2) is 66.7 Å². The van der Waals surface area contributed by atoms with Crippen LogP contribution in [0, 0.1) is 5.92 Å². The molecule has 1 aliphatic carbocycles. The first-order valence-corrected chi connectivity index (χ1v) is 14.0. The number of hydrogen-bond donors (Lipinski definition) is 2. The monoisotopic (exact) mass is 510 g/mol. The summed E-state index contributed by atoms with van der Waals surface area (Å²) in [5.74, 6) is 1.37. The summed E-state index contributed by atoms with van der Waals surface area (Å²) in [6.45, 7) is 1.43. The van der Waals surface area contributed by atoms with Gasteiger partial charge in [0.2, 0.25) is 21.8 Å². The van der Waals surface area contributed by atoms with Gasteiger partial charge in [-0.25, -0.2) is 23.4 Å². The average molecular weight is 511 g/mol. The molecule has 1 atom stereocenters. The Balaban J connectivity index is 1.39. The summed E-state index contributed by atoms with van der Waals surface area (Å²) in [5, 5.41) is 4.36. The van der Waals surface area contributed by atoms with Crippen molar-refractivity contribution >= 4 is 38.3 Å². The van der Waals surface area contributed by atoms with E-state index in [1.165, 1.54) is 13.4 Å². The molecule has 3 heterocycles. The van der Waals surface area contributed by atoms with E-state index in [0.29, 0.717) is 17.9 Å². The number of fused-ring (bicyclic) bond motifs is 1. The minimum Gasteiger partial charge on any atom is -0.480 e. The summed E-state index contributed by atoms with van der Waals surface area (Å²) in [6.07, 6.45) is 9.43. The summed E-state index contributed by atoms with van der Waals surface area (Å²) in [5.41, 5.74) is 2.59. The molecule has 0 unspecified atom stereocenters. The van der Waals surface area contributed by atoms with Gasteiger partial charge in [-0.2, -0.15) is 0 Å². The Labute approximate surface area is 210 Å². The summed E-state index contributed by atoms with van der Waals surface area (Å²) in [6, 6.07) is 7.57. The van der Waals surface area contributed by atoms with E-state index in [1.54, 1.807) is 12.3 Å². The molecule has 1 saturated heterocycles. The summed E-state index contributed by atoms with van der Waals surface area (Å²) in [4.78, 5) is 28.0. The van der Waals surface area contributed by atoms with E-state index in [0.717, 1.165) is 61.4 Å². The zero-order valence-corrected chi connectivity index (χ0v) is 21.2. The topological polar surface area (TPSA) is 126 Å². The van der Waals surface area contributed by atoms with Gasteiger partial charge in [-0.05, 0) is 43.0 Å². The molecule has 0 spiro atoms. The molecule has 36 heavy (non-hydrogen) atoms. The van der Waals surface area contributed by atoms with Crippen molar-refractivity contribution in [1.29, 1.82) is 0 Å². The van der Waals surface area contributed by atoms with Crippen molar-refractivity contribution in [2.45, 2.75) is 38.1 Å². The lowest BCUT2D eigenvalue weighted by Gasteiger charge is -2.21. The lowest BCUT2D eigenvalue weighted by atomic mass is 10.0. The number of rotatable bonds is 7. The largest absolute Gasteiger partial charge is 0.480 e. The number of likely N-dealkylation sites (tertiary alicyclic amines) is 1. The van der Waals surface area contributed by atoms with Gasteiger partial charge in [0.1, 0.15) is 17.8 Å². The number of amides is 1. The molecule has 2 N–H and O–H groups in total. The number of nitrogens with zero attached hydrogens (tertiary/aromatic N) is 4. The van der Waals surface area contributed by atoms with E-state index in [1.807, 2.05) is 23.1 Å². The second-order valence-corrected chi connectivity index (χ2v) is 11.3. The Kier molecular flexibility index (Phi) is 6.65. The number of methoxy groups -OCH3 is 1. The molecule has 2 aromatic heterocycles. The van der Waals surface area contributed by atoms with Gasteiger partial charge in [0.25, 0.3) is 0 Å². The van der Waals surface area contributed by atoms with Crippen LogP contribution in [0.25, 0.3) is 22.0 Å². The Hall–Kier alpha value is -3.47. The van der Waals surface area contributed by atoms with E-state index in [2.05, 4.69) is 25.0 Å². The van der Waals surface area contributed by atoms with Gasteiger partial charge < -0.3 is 15.0 Å². The average Bonchev–Trinajstić information content (AvgIpc) is 3.55. The van der Waals surface area contributed by atoms with Crippen LogP contribution in [0.15, 0.2) is 36.8 Å². The van der Waals surface area contributed by atoms with Crippen LogP contribution >= 0.6 is 0 Å². The predicted octanol–water partition coefficient (Wildman–Crippen LogP) is 3.27. The summed E-state index contributed by atoms with van der Waals surface area (Å²) in [7, 11) is -2.07. The second kappa shape index (κ2) is 9.88. The Morgan fingerprint density at radius 1 is 1.08 bits per heavy atom. The highest BCUT2D eigenvalue weighted by Gasteiger charge is 2.32. The lowest BCUT2D eigenvalue weighted by molar-refractivity contribution is -0.134. The zero-order valence-electron chi connectivity index (χ0n) is 20.4. The number of pyridine rings is 1. The third kappa shape index (κ3) is 5.20. The van der Waals surface area contributed by atoms with E-state index in [9.17, 15) is 13.2 Å². The molecule has 10 nitrogen and oxygen atoms in total. The number of carbonyl (C=O) groups excluding carboxylic acids is 1. The number of sulfonamides is 1. The van der Waals surface area contributed by atoms with Crippen LogP contribution in [0.4, 0.5) is 11.5 Å². The third-order valence-corrected chi connectivity index (χ3v) is 7.44. The normalized spacial score (nSPS) is 18.5. The molecule has 0 radical (unpaired) electrons. The first kappa shape index (κ1) is 24.2. The molecule has 1 aromatic carbocycles. The Morgan fingerprint density at radius 2 is 1.89 bits per heavy atom. The molecule has 11 heteroatoms. The number of aromatic nitrogens is 3. The Morgan fingerprint density at radius 3 is 2.64 bits per heavy atom. The second-order valence-electron chi connectivity index (χ2n) is 9.50. The van der Waals surface area contributed by atoms with Crippen LogP contribution in [-0.2, 0) is 14.8 Å². The van der Waals surface area contributed by atoms with Crippen LogP contribution in [0.1, 0.15) is 32.1 Å². The minimum absolute atomic E-state index is 0.116. The highest BCUT2D eigenvalue weighted by Crippen LogP contribution is 2.32. The fourth-order valence-electron chi connectivity index (χ4n) is 5.10. The smallest absolute Gasteiger partial charge is 0.238 e. The molecule has 1 amide bonds. The van der Waals surface area contributed by atoms with Crippen LogP contribution < -0.4 is 14.8 Å².